The van der Waals surface area contributed by atoms with Crippen LogP contribution in [-0.2, 0) is 16.1 Å². The van der Waals surface area contributed by atoms with Gasteiger partial charge in [0, 0.05) is 38.4 Å². The molecule has 0 saturated carbocycles. The number of carbonyl (C=O) groups is 1. The van der Waals surface area contributed by atoms with Crippen molar-refractivity contribution >= 4 is 5.91 Å². The Morgan fingerprint density at radius 1 is 1.22 bits per heavy atom. The van der Waals surface area contributed by atoms with E-state index in [1.807, 2.05) is 41.3 Å². The Kier molecular flexibility index (Phi) is 5.27. The van der Waals surface area contributed by atoms with Crippen LogP contribution in [0.3, 0.4) is 0 Å². The first kappa shape index (κ1) is 18.2. The number of rotatable bonds is 6. The first-order valence-corrected chi connectivity index (χ1v) is 9.72. The summed E-state index contributed by atoms with van der Waals surface area (Å²) in [5, 5.41) is 4.20. The van der Waals surface area contributed by atoms with Gasteiger partial charge in [0.25, 0.3) is 0 Å². The van der Waals surface area contributed by atoms with Gasteiger partial charge in [-0.25, -0.2) is 0 Å². The molecule has 2 aliphatic rings. The van der Waals surface area contributed by atoms with Crippen LogP contribution in [0.1, 0.15) is 25.0 Å². The molecule has 6 heteroatoms. The fourth-order valence-corrected chi connectivity index (χ4v) is 4.39. The molecule has 6 nitrogen and oxygen atoms in total. The molecule has 4 rings (SSSR count). The van der Waals surface area contributed by atoms with E-state index in [4.69, 9.17) is 9.26 Å². The predicted octanol–water partition coefficient (Wildman–Crippen LogP) is 2.80. The van der Waals surface area contributed by atoms with Gasteiger partial charge in [0.1, 0.15) is 5.69 Å². The Morgan fingerprint density at radius 2 is 2.07 bits per heavy atom. The lowest BCUT2D eigenvalue weighted by molar-refractivity contribution is -0.146. The number of hydrogen-bond donors (Lipinski definition) is 0. The van der Waals surface area contributed by atoms with Crippen LogP contribution in [0.25, 0.3) is 11.3 Å². The van der Waals surface area contributed by atoms with Crippen LogP contribution in [0.2, 0.25) is 0 Å². The van der Waals surface area contributed by atoms with Crippen molar-refractivity contribution in [2.24, 2.45) is 5.41 Å². The zero-order valence-corrected chi connectivity index (χ0v) is 15.9. The topological polar surface area (TPSA) is 58.8 Å². The van der Waals surface area contributed by atoms with Crippen molar-refractivity contribution in [3.63, 3.8) is 0 Å². The molecule has 0 unspecified atom stereocenters. The number of carbonyl (C=O) groups excluding carboxylic acids is 1. The maximum atomic E-state index is 13.1. The third-order valence-corrected chi connectivity index (χ3v) is 5.83. The first-order chi connectivity index (χ1) is 13.2. The third kappa shape index (κ3) is 3.77. The van der Waals surface area contributed by atoms with Gasteiger partial charge in [0.15, 0.2) is 5.76 Å². The molecule has 1 spiro atoms. The van der Waals surface area contributed by atoms with Crippen molar-refractivity contribution in [2.45, 2.75) is 25.8 Å². The van der Waals surface area contributed by atoms with E-state index in [1.165, 1.54) is 0 Å². The van der Waals surface area contributed by atoms with Crippen molar-refractivity contribution in [1.29, 1.82) is 0 Å². The highest BCUT2D eigenvalue weighted by molar-refractivity contribution is 5.84. The van der Waals surface area contributed by atoms with Crippen LogP contribution in [0.5, 0.6) is 0 Å². The van der Waals surface area contributed by atoms with E-state index in [0.717, 1.165) is 55.9 Å². The summed E-state index contributed by atoms with van der Waals surface area (Å²) in [6.07, 6.45) is 2.98. The van der Waals surface area contributed by atoms with E-state index >= 15 is 0 Å². The van der Waals surface area contributed by atoms with Crippen LogP contribution in [0, 0.1) is 5.41 Å². The number of likely N-dealkylation sites (tertiary alicyclic amines) is 2. The number of benzene rings is 1. The number of amides is 1. The van der Waals surface area contributed by atoms with E-state index in [-0.39, 0.29) is 5.41 Å². The lowest BCUT2D eigenvalue weighted by Crippen LogP contribution is -2.50. The van der Waals surface area contributed by atoms with Crippen LogP contribution < -0.4 is 0 Å². The van der Waals surface area contributed by atoms with Gasteiger partial charge in [-0.2, -0.15) is 0 Å². The van der Waals surface area contributed by atoms with E-state index in [2.05, 4.69) is 10.1 Å². The SMILES string of the molecule is COCCN1CCC[C@@]2(CCN(Cc3cc(-c4ccccc4)no3)C2)C1=O. The van der Waals surface area contributed by atoms with Crippen LogP contribution >= 0.6 is 0 Å². The van der Waals surface area contributed by atoms with Gasteiger partial charge in [-0.1, -0.05) is 35.5 Å². The minimum absolute atomic E-state index is 0.228. The van der Waals surface area contributed by atoms with E-state index in [0.29, 0.717) is 25.6 Å². The minimum atomic E-state index is -0.228. The Morgan fingerprint density at radius 3 is 2.89 bits per heavy atom. The molecular weight excluding hydrogens is 342 g/mol. The van der Waals surface area contributed by atoms with E-state index in [9.17, 15) is 4.79 Å². The lowest BCUT2D eigenvalue weighted by atomic mass is 9.78. The van der Waals surface area contributed by atoms with Crippen LogP contribution in [0.4, 0.5) is 0 Å². The fraction of sp³-hybridized carbons (Fsp3) is 0.524. The fourth-order valence-electron chi connectivity index (χ4n) is 4.39. The summed E-state index contributed by atoms with van der Waals surface area (Å²) < 4.78 is 10.7. The summed E-state index contributed by atoms with van der Waals surface area (Å²) in [5.41, 5.74) is 1.69. The van der Waals surface area contributed by atoms with Crippen molar-refractivity contribution in [1.82, 2.24) is 15.0 Å². The molecule has 1 aromatic heterocycles. The quantitative estimate of drug-likeness (QED) is 0.784. The van der Waals surface area contributed by atoms with Gasteiger partial charge in [-0.3, -0.25) is 9.69 Å². The molecule has 3 heterocycles. The molecule has 2 aromatic rings. The van der Waals surface area contributed by atoms with E-state index < -0.39 is 0 Å². The Labute approximate surface area is 160 Å². The molecule has 1 atom stereocenters. The summed E-state index contributed by atoms with van der Waals surface area (Å²) in [5.74, 6) is 1.15. The standard InChI is InChI=1S/C21H27N3O3/c1-26-13-12-24-10-5-8-21(20(24)25)9-11-23(16-21)15-18-14-19(22-27-18)17-6-3-2-4-7-17/h2-4,6-7,14H,5,8-13,15-16H2,1H3/t21-/m0/s1. The summed E-state index contributed by atoms with van der Waals surface area (Å²) in [7, 11) is 1.68. The molecule has 1 aromatic carbocycles. The van der Waals surface area contributed by atoms with Gasteiger partial charge in [-0.05, 0) is 25.8 Å². The van der Waals surface area contributed by atoms with Gasteiger partial charge in [0.05, 0.1) is 18.6 Å². The average Bonchev–Trinajstić information content (AvgIpc) is 3.32. The largest absolute Gasteiger partial charge is 0.383 e. The second-order valence-electron chi connectivity index (χ2n) is 7.67. The van der Waals surface area contributed by atoms with Crippen molar-refractivity contribution in [2.75, 3.05) is 39.9 Å². The highest BCUT2D eigenvalue weighted by Gasteiger charge is 2.48. The minimum Gasteiger partial charge on any atom is -0.383 e. The summed E-state index contributed by atoms with van der Waals surface area (Å²) >= 11 is 0. The monoisotopic (exact) mass is 369 g/mol. The van der Waals surface area contributed by atoms with E-state index in [1.54, 1.807) is 7.11 Å². The summed E-state index contributed by atoms with van der Waals surface area (Å²) in [6, 6.07) is 12.1. The third-order valence-electron chi connectivity index (χ3n) is 5.83. The normalized spacial score (nSPS) is 23.4. The van der Waals surface area contributed by atoms with Gasteiger partial charge in [0.2, 0.25) is 5.91 Å². The van der Waals surface area contributed by atoms with Gasteiger partial charge >= 0.3 is 0 Å². The maximum Gasteiger partial charge on any atom is 0.230 e. The van der Waals surface area contributed by atoms with Crippen molar-refractivity contribution in [3.05, 3.63) is 42.2 Å². The maximum absolute atomic E-state index is 13.1. The summed E-state index contributed by atoms with van der Waals surface area (Å²) in [4.78, 5) is 17.4. The number of ether oxygens (including phenoxy) is 1. The summed E-state index contributed by atoms with van der Waals surface area (Å²) in [6.45, 7) is 4.58. The van der Waals surface area contributed by atoms with Gasteiger partial charge < -0.3 is 14.2 Å². The predicted molar refractivity (Wildman–Crippen MR) is 102 cm³/mol. The van der Waals surface area contributed by atoms with Crippen LogP contribution in [0.15, 0.2) is 40.9 Å². The lowest BCUT2D eigenvalue weighted by Gasteiger charge is -2.39. The second-order valence-corrected chi connectivity index (χ2v) is 7.67. The highest BCUT2D eigenvalue weighted by atomic mass is 16.5. The molecule has 0 aliphatic carbocycles. The molecule has 1 amide bonds. The van der Waals surface area contributed by atoms with Crippen molar-refractivity contribution < 1.29 is 14.1 Å². The molecular formula is C21H27N3O3. The Bertz CT molecular complexity index is 776. The molecule has 0 radical (unpaired) electrons. The Hall–Kier alpha value is -2.18. The number of nitrogens with zero attached hydrogens (tertiary/aromatic N) is 3. The van der Waals surface area contributed by atoms with Crippen LogP contribution in [-0.4, -0.2) is 60.8 Å². The average molecular weight is 369 g/mol. The number of piperidine rings is 1. The van der Waals surface area contributed by atoms with Crippen molar-refractivity contribution in [3.8, 4) is 11.3 Å². The molecule has 27 heavy (non-hydrogen) atoms. The smallest absolute Gasteiger partial charge is 0.230 e. The van der Waals surface area contributed by atoms with Gasteiger partial charge in [-0.15, -0.1) is 0 Å². The Balaban J connectivity index is 1.40. The highest BCUT2D eigenvalue weighted by Crippen LogP contribution is 2.40. The first-order valence-electron chi connectivity index (χ1n) is 9.72. The second kappa shape index (κ2) is 7.82. The molecule has 0 N–H and O–H groups in total. The molecule has 0 bridgehead atoms. The molecule has 2 fully saturated rings. The number of methoxy groups -OCH3 is 1. The molecule has 2 aliphatic heterocycles. The number of hydrogen-bond acceptors (Lipinski definition) is 5. The zero-order chi connectivity index (χ0) is 18.7. The molecule has 2 saturated heterocycles. The molecule has 144 valence electrons. The zero-order valence-electron chi connectivity index (χ0n) is 15.9. The number of aromatic nitrogens is 1.